The highest BCUT2D eigenvalue weighted by molar-refractivity contribution is 5.96. The molecule has 0 fully saturated rings. The van der Waals surface area contributed by atoms with E-state index in [0.29, 0.717) is 6.42 Å². The van der Waals surface area contributed by atoms with E-state index in [9.17, 15) is 33.9 Å². The second-order valence-electron chi connectivity index (χ2n) is 9.93. The molecule has 0 aliphatic carbocycles. The third-order valence-corrected chi connectivity index (χ3v) is 6.11. The molecule has 2 aromatic rings. The summed E-state index contributed by atoms with van der Waals surface area (Å²) < 4.78 is 10.1. The molecule has 0 radical (unpaired) electrons. The van der Waals surface area contributed by atoms with Gasteiger partial charge in [-0.3, -0.25) is 24.0 Å². The Morgan fingerprint density at radius 2 is 1.36 bits per heavy atom. The van der Waals surface area contributed by atoms with E-state index in [4.69, 9.17) is 9.47 Å². The monoisotopic (exact) mass is 583 g/mol. The lowest BCUT2D eigenvalue weighted by molar-refractivity contribution is -0.149. The van der Waals surface area contributed by atoms with Crippen molar-refractivity contribution in [2.75, 3.05) is 6.61 Å². The smallest absolute Gasteiger partial charge is 0.408 e. The molecule has 3 amide bonds. The number of rotatable bonds is 16. The Hall–Kier alpha value is -4.74. The number of ketones is 1. The average Bonchev–Trinajstić information content (AvgIpc) is 2.96. The molecule has 0 saturated heterocycles. The lowest BCUT2D eigenvalue weighted by atomic mass is 10.0. The lowest BCUT2D eigenvalue weighted by Gasteiger charge is -2.24. The molecular formula is C30H37N3O9. The zero-order chi connectivity index (χ0) is 31.1. The first-order valence-electron chi connectivity index (χ1n) is 13.5. The van der Waals surface area contributed by atoms with Gasteiger partial charge in [0.25, 0.3) is 0 Å². The summed E-state index contributed by atoms with van der Waals surface area (Å²) >= 11 is 0. The number of hydrogen-bond donors (Lipinski definition) is 4. The number of hydrogen-bond acceptors (Lipinski definition) is 8. The number of Topliss-reactive ketones (excluding diaryl/α,β-unsaturated/α-hetero) is 1. The van der Waals surface area contributed by atoms with Crippen LogP contribution in [0.25, 0.3) is 0 Å². The number of esters is 1. The van der Waals surface area contributed by atoms with Crippen LogP contribution in [0.15, 0.2) is 60.7 Å². The Morgan fingerprint density at radius 1 is 0.762 bits per heavy atom. The Bertz CT molecular complexity index is 1220. The number of carbonyl (C=O) groups excluding carboxylic acids is 5. The molecule has 0 unspecified atom stereocenters. The number of benzene rings is 2. The number of carboxylic acids is 1. The van der Waals surface area contributed by atoms with Crippen LogP contribution in [0.2, 0.25) is 0 Å². The number of alkyl carbamates (subject to hydrolysis) is 1. The van der Waals surface area contributed by atoms with Gasteiger partial charge in [-0.1, -0.05) is 74.5 Å². The van der Waals surface area contributed by atoms with E-state index in [1.54, 1.807) is 38.1 Å². The normalized spacial score (nSPS) is 12.8. The predicted octanol–water partition coefficient (Wildman–Crippen LogP) is 2.15. The summed E-state index contributed by atoms with van der Waals surface area (Å²) in [5, 5.41) is 16.4. The topological polar surface area (TPSA) is 177 Å². The van der Waals surface area contributed by atoms with Crippen LogP contribution in [0.4, 0.5) is 4.79 Å². The SMILES string of the molecule is CC(C)[C@H](NC(=O)OCc1ccccc1)C(=O)N[C@@H](C)C(=O)N[C@@H](CC(=O)O)C(=O)COC(=O)CCc1ccccc1. The number of carbonyl (C=O) groups is 6. The van der Waals surface area contributed by atoms with Crippen molar-refractivity contribution in [3.8, 4) is 0 Å². The summed E-state index contributed by atoms with van der Waals surface area (Å²) in [4.78, 5) is 73.9. The molecule has 0 aliphatic heterocycles. The van der Waals surface area contributed by atoms with Crippen molar-refractivity contribution >= 4 is 35.6 Å². The predicted molar refractivity (Wildman–Crippen MR) is 151 cm³/mol. The van der Waals surface area contributed by atoms with E-state index >= 15 is 0 Å². The van der Waals surface area contributed by atoms with Crippen LogP contribution < -0.4 is 16.0 Å². The molecule has 3 atom stereocenters. The number of nitrogens with one attached hydrogen (secondary N) is 3. The number of aliphatic carboxylic acids is 1. The minimum atomic E-state index is -1.50. The van der Waals surface area contributed by atoms with Crippen LogP contribution in [0.3, 0.4) is 0 Å². The van der Waals surface area contributed by atoms with Gasteiger partial charge in [0.15, 0.2) is 12.4 Å². The first-order valence-corrected chi connectivity index (χ1v) is 13.5. The van der Waals surface area contributed by atoms with Gasteiger partial charge in [0, 0.05) is 6.42 Å². The van der Waals surface area contributed by atoms with E-state index in [2.05, 4.69) is 16.0 Å². The molecule has 42 heavy (non-hydrogen) atoms. The van der Waals surface area contributed by atoms with Gasteiger partial charge >= 0.3 is 18.0 Å². The highest BCUT2D eigenvalue weighted by atomic mass is 16.5. The van der Waals surface area contributed by atoms with E-state index in [-0.39, 0.29) is 18.9 Å². The van der Waals surface area contributed by atoms with Crippen LogP contribution in [0.5, 0.6) is 0 Å². The maximum Gasteiger partial charge on any atom is 0.408 e. The van der Waals surface area contributed by atoms with Crippen molar-refractivity contribution in [3.05, 3.63) is 71.8 Å². The average molecular weight is 584 g/mol. The van der Waals surface area contributed by atoms with Crippen LogP contribution >= 0.6 is 0 Å². The molecule has 2 rings (SSSR count). The fourth-order valence-corrected chi connectivity index (χ4v) is 3.73. The maximum absolute atomic E-state index is 12.9. The van der Waals surface area contributed by atoms with Gasteiger partial charge < -0.3 is 30.5 Å². The second-order valence-corrected chi connectivity index (χ2v) is 9.93. The second kappa shape index (κ2) is 17.2. The van der Waals surface area contributed by atoms with Crippen molar-refractivity contribution in [2.45, 2.75) is 64.8 Å². The van der Waals surface area contributed by atoms with Crippen LogP contribution in [-0.2, 0) is 46.5 Å². The molecule has 0 saturated carbocycles. The van der Waals surface area contributed by atoms with E-state index in [0.717, 1.165) is 11.1 Å². The molecule has 2 aromatic carbocycles. The molecule has 226 valence electrons. The standard InChI is InChI=1S/C30H37N3O9/c1-19(2)27(33-30(40)42-17-22-12-8-5-9-13-22)29(39)31-20(3)28(38)32-23(16-25(35)36)24(34)18-41-26(37)15-14-21-10-6-4-7-11-21/h4-13,19-20,23,27H,14-18H2,1-3H3,(H,31,39)(H,32,38)(H,33,40)(H,35,36)/t20-,23-,27-/m0/s1. The molecule has 0 aliphatic rings. The van der Waals surface area contributed by atoms with Gasteiger partial charge in [0.2, 0.25) is 11.8 Å². The minimum Gasteiger partial charge on any atom is -0.481 e. The summed E-state index contributed by atoms with van der Waals surface area (Å²) in [6.45, 7) is 3.99. The summed E-state index contributed by atoms with van der Waals surface area (Å²) in [5.74, 6) is -4.73. The molecule has 12 nitrogen and oxygen atoms in total. The summed E-state index contributed by atoms with van der Waals surface area (Å²) in [6, 6.07) is 14.4. The largest absolute Gasteiger partial charge is 0.481 e. The van der Waals surface area contributed by atoms with Crippen molar-refractivity contribution in [2.24, 2.45) is 5.92 Å². The molecule has 0 bridgehead atoms. The zero-order valence-corrected chi connectivity index (χ0v) is 23.8. The van der Waals surface area contributed by atoms with Crippen molar-refractivity contribution in [3.63, 3.8) is 0 Å². The number of amides is 3. The Labute approximate surface area is 244 Å². The molecule has 0 heterocycles. The Balaban J connectivity index is 1.88. The van der Waals surface area contributed by atoms with Crippen LogP contribution in [0, 0.1) is 5.92 Å². The van der Waals surface area contributed by atoms with Gasteiger partial charge in [-0.25, -0.2) is 4.79 Å². The highest BCUT2D eigenvalue weighted by Gasteiger charge is 2.30. The molecule has 0 aromatic heterocycles. The van der Waals surface area contributed by atoms with Crippen molar-refractivity contribution < 1.29 is 43.3 Å². The number of ether oxygens (including phenoxy) is 2. The van der Waals surface area contributed by atoms with Gasteiger partial charge in [-0.2, -0.15) is 0 Å². The fraction of sp³-hybridized carbons (Fsp3) is 0.400. The summed E-state index contributed by atoms with van der Waals surface area (Å²) in [7, 11) is 0. The fourth-order valence-electron chi connectivity index (χ4n) is 3.73. The minimum absolute atomic E-state index is 0.000746. The van der Waals surface area contributed by atoms with E-state index in [1.807, 2.05) is 36.4 Å². The first kappa shape index (κ1) is 33.5. The molecule has 0 spiro atoms. The first-order chi connectivity index (χ1) is 20.0. The molecule has 12 heteroatoms. The quantitative estimate of drug-likeness (QED) is 0.216. The Kier molecular flexibility index (Phi) is 13.7. The molecular weight excluding hydrogens is 546 g/mol. The van der Waals surface area contributed by atoms with E-state index in [1.165, 1.54) is 6.92 Å². The van der Waals surface area contributed by atoms with Gasteiger partial charge in [-0.15, -0.1) is 0 Å². The van der Waals surface area contributed by atoms with Crippen LogP contribution in [-0.4, -0.2) is 65.5 Å². The lowest BCUT2D eigenvalue weighted by Crippen LogP contribution is -2.56. The van der Waals surface area contributed by atoms with Gasteiger partial charge in [0.1, 0.15) is 24.7 Å². The van der Waals surface area contributed by atoms with Crippen molar-refractivity contribution in [1.29, 1.82) is 0 Å². The summed E-state index contributed by atoms with van der Waals surface area (Å²) in [5.41, 5.74) is 1.67. The Morgan fingerprint density at radius 3 is 1.93 bits per heavy atom. The van der Waals surface area contributed by atoms with Gasteiger partial charge in [0.05, 0.1) is 6.42 Å². The maximum atomic E-state index is 12.9. The van der Waals surface area contributed by atoms with Crippen molar-refractivity contribution in [1.82, 2.24) is 16.0 Å². The summed E-state index contributed by atoms with van der Waals surface area (Å²) in [6.07, 6.45) is -1.16. The third-order valence-electron chi connectivity index (χ3n) is 6.11. The van der Waals surface area contributed by atoms with Crippen LogP contribution in [0.1, 0.15) is 44.7 Å². The van der Waals surface area contributed by atoms with E-state index < -0.39 is 66.8 Å². The molecule has 4 N–H and O–H groups in total. The zero-order valence-electron chi connectivity index (χ0n) is 23.8. The highest BCUT2D eigenvalue weighted by Crippen LogP contribution is 2.07. The number of aryl methyl sites for hydroxylation is 1. The third kappa shape index (κ3) is 12.2. The van der Waals surface area contributed by atoms with Gasteiger partial charge in [-0.05, 0) is 30.4 Å². The number of carboxylic acid groups (broad SMARTS) is 1.